The highest BCUT2D eigenvalue weighted by Gasteiger charge is 2.19. The van der Waals surface area contributed by atoms with Gasteiger partial charge in [0.05, 0.1) is 24.2 Å². The van der Waals surface area contributed by atoms with Gasteiger partial charge in [-0.1, -0.05) is 0 Å². The van der Waals surface area contributed by atoms with Gasteiger partial charge in [0.2, 0.25) is 15.9 Å². The fourth-order valence-corrected chi connectivity index (χ4v) is 3.67. The van der Waals surface area contributed by atoms with Crippen LogP contribution in [0.15, 0.2) is 27.0 Å². The number of aryl methyl sites for hydroxylation is 1. The molecular weight excluding hydrogens is 276 g/mol. The van der Waals surface area contributed by atoms with Crippen molar-refractivity contribution in [3.05, 3.63) is 34.2 Å². The number of aromatic nitrogens is 1. The van der Waals surface area contributed by atoms with Crippen LogP contribution < -0.4 is 4.72 Å². The van der Waals surface area contributed by atoms with Crippen LogP contribution in [-0.2, 0) is 23.2 Å². The Balaban J connectivity index is 2.13. The van der Waals surface area contributed by atoms with Crippen molar-refractivity contribution in [3.8, 4) is 0 Å². The van der Waals surface area contributed by atoms with Crippen LogP contribution in [0, 0.1) is 6.92 Å². The van der Waals surface area contributed by atoms with Crippen LogP contribution in [0.25, 0.3) is 0 Å². The van der Waals surface area contributed by atoms with E-state index in [1.165, 1.54) is 23.6 Å². The van der Waals surface area contributed by atoms with Gasteiger partial charge in [0.15, 0.2) is 0 Å². The lowest BCUT2D eigenvalue weighted by atomic mass is 10.5. The zero-order valence-electron chi connectivity index (χ0n) is 9.58. The highest BCUT2D eigenvalue weighted by atomic mass is 32.2. The molecule has 0 bridgehead atoms. The van der Waals surface area contributed by atoms with Gasteiger partial charge < -0.3 is 9.52 Å². The number of oxazole rings is 1. The van der Waals surface area contributed by atoms with Gasteiger partial charge in [-0.05, 0) is 18.4 Å². The first-order chi connectivity index (χ1) is 8.53. The third-order valence-corrected chi connectivity index (χ3v) is 4.74. The summed E-state index contributed by atoms with van der Waals surface area (Å²) in [6.07, 6.45) is 1.52. The predicted molar refractivity (Wildman–Crippen MR) is 65.5 cm³/mol. The average Bonchev–Trinajstić information content (AvgIpc) is 2.95. The maximum Gasteiger partial charge on any atom is 0.242 e. The van der Waals surface area contributed by atoms with Crippen molar-refractivity contribution >= 4 is 21.4 Å². The molecular formula is C10H12N2O4S2. The van der Waals surface area contributed by atoms with Crippen molar-refractivity contribution in [2.75, 3.05) is 0 Å². The molecule has 2 rings (SSSR count). The zero-order valence-corrected chi connectivity index (χ0v) is 11.2. The van der Waals surface area contributed by atoms with Gasteiger partial charge >= 0.3 is 0 Å². The van der Waals surface area contributed by atoms with E-state index in [9.17, 15) is 8.42 Å². The van der Waals surface area contributed by atoms with Crippen LogP contribution in [0.1, 0.15) is 16.5 Å². The van der Waals surface area contributed by atoms with E-state index in [0.717, 1.165) is 0 Å². The van der Waals surface area contributed by atoms with Crippen LogP contribution >= 0.6 is 11.3 Å². The number of nitrogens with zero attached hydrogens (tertiary/aromatic N) is 1. The third kappa shape index (κ3) is 2.78. The molecule has 2 aromatic rings. The van der Waals surface area contributed by atoms with Crippen LogP contribution in [0.5, 0.6) is 0 Å². The van der Waals surface area contributed by atoms with E-state index >= 15 is 0 Å². The molecule has 0 amide bonds. The summed E-state index contributed by atoms with van der Waals surface area (Å²) in [4.78, 5) is 4.41. The van der Waals surface area contributed by atoms with E-state index < -0.39 is 10.0 Å². The van der Waals surface area contributed by atoms with E-state index in [-0.39, 0.29) is 18.0 Å². The molecule has 0 aliphatic rings. The second-order valence-corrected chi connectivity index (χ2v) is 6.29. The summed E-state index contributed by atoms with van der Waals surface area (Å²) in [5.41, 5.74) is 0. The standard InChI is InChI=1S/C10H12N2O4S2/c1-7-4-11-10(16-7)5-12-18(14,15)9-2-3-17-8(9)6-13/h2-4,12-13H,5-6H2,1H3. The normalized spacial score (nSPS) is 11.9. The van der Waals surface area contributed by atoms with E-state index in [1.807, 2.05) is 0 Å². The number of hydrogen-bond acceptors (Lipinski definition) is 6. The van der Waals surface area contributed by atoms with E-state index in [1.54, 1.807) is 12.3 Å². The number of aliphatic hydroxyl groups is 1. The van der Waals surface area contributed by atoms with Gasteiger partial charge in [-0.15, -0.1) is 11.3 Å². The van der Waals surface area contributed by atoms with Gasteiger partial charge in [0, 0.05) is 4.88 Å². The zero-order chi connectivity index (χ0) is 13.2. The Kier molecular flexibility index (Phi) is 3.81. The monoisotopic (exact) mass is 288 g/mol. The first kappa shape index (κ1) is 13.2. The summed E-state index contributed by atoms with van der Waals surface area (Å²) in [5.74, 6) is 0.924. The molecule has 0 aliphatic carbocycles. The Hall–Kier alpha value is -1.22. The van der Waals surface area contributed by atoms with Gasteiger partial charge in [0.1, 0.15) is 5.76 Å². The number of nitrogens with one attached hydrogen (secondary N) is 1. The summed E-state index contributed by atoms with van der Waals surface area (Å²) in [6, 6.07) is 1.46. The van der Waals surface area contributed by atoms with Crippen molar-refractivity contribution in [3.63, 3.8) is 0 Å². The fraction of sp³-hybridized carbons (Fsp3) is 0.300. The summed E-state index contributed by atoms with van der Waals surface area (Å²) in [7, 11) is -3.65. The lowest BCUT2D eigenvalue weighted by molar-refractivity contribution is 0.282. The number of rotatable bonds is 5. The Labute approximate surface area is 108 Å². The molecule has 0 aliphatic heterocycles. The van der Waals surface area contributed by atoms with Gasteiger partial charge in [-0.25, -0.2) is 18.1 Å². The smallest absolute Gasteiger partial charge is 0.242 e. The molecule has 0 aromatic carbocycles. The molecule has 0 saturated heterocycles. The molecule has 6 nitrogen and oxygen atoms in total. The highest BCUT2D eigenvalue weighted by molar-refractivity contribution is 7.89. The van der Waals surface area contributed by atoms with Crippen LogP contribution in [0.3, 0.4) is 0 Å². The van der Waals surface area contributed by atoms with Crippen molar-refractivity contribution in [1.82, 2.24) is 9.71 Å². The first-order valence-corrected chi connectivity index (χ1v) is 7.47. The summed E-state index contributed by atoms with van der Waals surface area (Å²) in [6.45, 7) is 1.41. The Morgan fingerprint density at radius 3 is 2.94 bits per heavy atom. The quantitative estimate of drug-likeness (QED) is 0.856. The molecule has 0 saturated carbocycles. The maximum atomic E-state index is 12.0. The number of thiophene rings is 1. The fourth-order valence-electron chi connectivity index (χ4n) is 1.40. The summed E-state index contributed by atoms with van der Waals surface area (Å²) >= 11 is 1.19. The van der Waals surface area contributed by atoms with Crippen molar-refractivity contribution in [2.45, 2.75) is 25.0 Å². The minimum atomic E-state index is -3.65. The lowest BCUT2D eigenvalue weighted by Crippen LogP contribution is -2.23. The number of aliphatic hydroxyl groups excluding tert-OH is 1. The van der Waals surface area contributed by atoms with E-state index in [0.29, 0.717) is 16.5 Å². The van der Waals surface area contributed by atoms with Crippen molar-refractivity contribution in [1.29, 1.82) is 0 Å². The topological polar surface area (TPSA) is 92.4 Å². The minimum Gasteiger partial charge on any atom is -0.445 e. The predicted octanol–water partition coefficient (Wildman–Crippen LogP) is 1.02. The van der Waals surface area contributed by atoms with E-state index in [4.69, 9.17) is 9.52 Å². The van der Waals surface area contributed by atoms with E-state index in [2.05, 4.69) is 9.71 Å². The van der Waals surface area contributed by atoms with Crippen molar-refractivity contribution in [2.24, 2.45) is 0 Å². The SMILES string of the molecule is Cc1cnc(CNS(=O)(=O)c2ccsc2CO)o1. The van der Waals surface area contributed by atoms with Gasteiger partial charge in [0.25, 0.3) is 0 Å². The first-order valence-electron chi connectivity index (χ1n) is 5.11. The molecule has 98 valence electrons. The van der Waals surface area contributed by atoms with Gasteiger partial charge in [-0.3, -0.25) is 0 Å². The van der Waals surface area contributed by atoms with Crippen LogP contribution in [-0.4, -0.2) is 18.5 Å². The summed E-state index contributed by atoms with van der Waals surface area (Å²) in [5, 5.41) is 10.7. The highest BCUT2D eigenvalue weighted by Crippen LogP contribution is 2.21. The Morgan fingerprint density at radius 1 is 1.56 bits per heavy atom. The average molecular weight is 288 g/mol. The molecule has 2 heterocycles. The molecule has 2 N–H and O–H groups in total. The minimum absolute atomic E-state index is 0.0170. The second-order valence-electron chi connectivity index (χ2n) is 3.56. The Morgan fingerprint density at radius 2 is 2.33 bits per heavy atom. The number of hydrogen-bond donors (Lipinski definition) is 2. The maximum absolute atomic E-state index is 12.0. The molecule has 18 heavy (non-hydrogen) atoms. The molecule has 0 spiro atoms. The van der Waals surface area contributed by atoms with Crippen LogP contribution in [0.4, 0.5) is 0 Å². The van der Waals surface area contributed by atoms with Crippen LogP contribution in [0.2, 0.25) is 0 Å². The lowest BCUT2D eigenvalue weighted by Gasteiger charge is -2.04. The van der Waals surface area contributed by atoms with Crippen molar-refractivity contribution < 1.29 is 17.9 Å². The number of sulfonamides is 1. The molecule has 0 fully saturated rings. The molecule has 8 heteroatoms. The largest absolute Gasteiger partial charge is 0.445 e. The summed E-state index contributed by atoms with van der Waals surface area (Å²) < 4.78 is 31.5. The molecule has 0 unspecified atom stereocenters. The third-order valence-electron chi connectivity index (χ3n) is 2.22. The van der Waals surface area contributed by atoms with Gasteiger partial charge in [-0.2, -0.15) is 0 Å². The molecule has 0 atom stereocenters. The Bertz CT molecular complexity index is 630. The molecule has 0 radical (unpaired) electrons. The second kappa shape index (κ2) is 5.19. The molecule has 2 aromatic heterocycles.